The third-order valence-electron chi connectivity index (χ3n) is 4.52. The van der Waals surface area contributed by atoms with Gasteiger partial charge in [-0.1, -0.05) is 72.0 Å². The number of anilines is 1. The summed E-state index contributed by atoms with van der Waals surface area (Å²) in [5.41, 5.74) is 0.867. The maximum Gasteiger partial charge on any atom is 0.236 e. The summed E-state index contributed by atoms with van der Waals surface area (Å²) < 4.78 is 7.96. The standard InChI is InChI=1S/C22H21ClN6O2S2/c1-3-19-25-27-21(33-19)24-18(30)13-32-22-28-26-20(29(22)15-9-5-4-6-10-15)14(2)31-17-12-8-7-11-16(17)23/h4-12,14H,3,13H2,1-2H3,(H,24,27,30). The molecule has 2 aromatic heterocycles. The molecule has 0 spiro atoms. The van der Waals surface area contributed by atoms with Crippen LogP contribution in [0.4, 0.5) is 5.13 Å². The van der Waals surface area contributed by atoms with Gasteiger partial charge < -0.3 is 4.74 Å². The van der Waals surface area contributed by atoms with Crippen molar-refractivity contribution in [2.75, 3.05) is 11.1 Å². The highest BCUT2D eigenvalue weighted by molar-refractivity contribution is 7.99. The molecule has 0 bridgehead atoms. The Hall–Kier alpha value is -2.95. The van der Waals surface area contributed by atoms with E-state index in [2.05, 4.69) is 25.7 Å². The molecule has 2 heterocycles. The van der Waals surface area contributed by atoms with Crippen LogP contribution in [0.5, 0.6) is 5.75 Å². The number of rotatable bonds is 9. The van der Waals surface area contributed by atoms with Gasteiger partial charge in [0.1, 0.15) is 10.8 Å². The van der Waals surface area contributed by atoms with Crippen LogP contribution >= 0.6 is 34.7 Å². The molecule has 1 atom stereocenters. The molecule has 11 heteroatoms. The Morgan fingerprint density at radius 3 is 2.61 bits per heavy atom. The number of para-hydroxylation sites is 2. The summed E-state index contributed by atoms with van der Waals surface area (Å²) in [7, 11) is 0. The Morgan fingerprint density at radius 1 is 1.12 bits per heavy atom. The predicted molar refractivity (Wildman–Crippen MR) is 130 cm³/mol. The van der Waals surface area contributed by atoms with Gasteiger partial charge >= 0.3 is 0 Å². The van der Waals surface area contributed by atoms with Crippen molar-refractivity contribution in [3.05, 3.63) is 70.5 Å². The van der Waals surface area contributed by atoms with E-state index in [1.165, 1.54) is 23.1 Å². The normalized spacial score (nSPS) is 11.8. The second kappa shape index (κ2) is 10.8. The molecule has 1 N–H and O–H groups in total. The van der Waals surface area contributed by atoms with Gasteiger partial charge in [-0.25, -0.2) is 0 Å². The number of hydrogen-bond donors (Lipinski definition) is 1. The maximum absolute atomic E-state index is 12.5. The zero-order chi connectivity index (χ0) is 23.2. The van der Waals surface area contributed by atoms with E-state index in [-0.39, 0.29) is 11.7 Å². The minimum Gasteiger partial charge on any atom is -0.481 e. The number of halogens is 1. The van der Waals surface area contributed by atoms with E-state index in [1.807, 2.05) is 60.9 Å². The Kier molecular flexibility index (Phi) is 7.58. The van der Waals surface area contributed by atoms with Crippen LogP contribution in [0.15, 0.2) is 59.8 Å². The molecule has 4 aromatic rings. The second-order valence-corrected chi connectivity index (χ2v) is 9.31. The number of nitrogens with one attached hydrogen (secondary N) is 1. The number of hydrogen-bond acceptors (Lipinski definition) is 8. The van der Waals surface area contributed by atoms with Crippen LogP contribution in [-0.2, 0) is 11.2 Å². The molecule has 0 aliphatic rings. The van der Waals surface area contributed by atoms with Gasteiger partial charge in [0, 0.05) is 5.69 Å². The molecular formula is C22H21ClN6O2S2. The van der Waals surface area contributed by atoms with E-state index in [0.717, 1.165) is 17.1 Å². The van der Waals surface area contributed by atoms with Crippen LogP contribution in [0, 0.1) is 0 Å². The topological polar surface area (TPSA) is 94.8 Å². The van der Waals surface area contributed by atoms with Gasteiger partial charge in [0.15, 0.2) is 17.1 Å². The number of thioether (sulfide) groups is 1. The summed E-state index contributed by atoms with van der Waals surface area (Å²) in [6.45, 7) is 3.88. The van der Waals surface area contributed by atoms with Crippen LogP contribution in [0.25, 0.3) is 5.69 Å². The highest BCUT2D eigenvalue weighted by Crippen LogP contribution is 2.31. The molecule has 170 valence electrons. The minimum atomic E-state index is -0.436. The first kappa shape index (κ1) is 23.2. The highest BCUT2D eigenvalue weighted by Gasteiger charge is 2.22. The van der Waals surface area contributed by atoms with Gasteiger partial charge in [0.05, 0.1) is 10.8 Å². The van der Waals surface area contributed by atoms with Crippen molar-refractivity contribution in [2.24, 2.45) is 0 Å². The molecule has 0 saturated heterocycles. The average Bonchev–Trinajstić information content (AvgIpc) is 3.46. The lowest BCUT2D eigenvalue weighted by Crippen LogP contribution is -2.15. The fourth-order valence-corrected chi connectivity index (χ4v) is 4.61. The van der Waals surface area contributed by atoms with Crippen molar-refractivity contribution < 1.29 is 9.53 Å². The summed E-state index contributed by atoms with van der Waals surface area (Å²) >= 11 is 8.91. The summed E-state index contributed by atoms with van der Waals surface area (Å²) in [6, 6.07) is 17.0. The van der Waals surface area contributed by atoms with Gasteiger partial charge in [-0.3, -0.25) is 14.7 Å². The molecule has 1 amide bonds. The van der Waals surface area contributed by atoms with Crippen molar-refractivity contribution in [2.45, 2.75) is 31.5 Å². The van der Waals surface area contributed by atoms with Crippen molar-refractivity contribution in [3.8, 4) is 11.4 Å². The average molecular weight is 501 g/mol. The molecular weight excluding hydrogens is 480 g/mol. The van der Waals surface area contributed by atoms with Crippen molar-refractivity contribution >= 4 is 45.7 Å². The van der Waals surface area contributed by atoms with Gasteiger partial charge in [0.25, 0.3) is 0 Å². The lowest BCUT2D eigenvalue weighted by Gasteiger charge is -2.17. The highest BCUT2D eigenvalue weighted by atomic mass is 35.5. The molecule has 0 aliphatic carbocycles. The van der Waals surface area contributed by atoms with Crippen molar-refractivity contribution in [1.82, 2.24) is 25.0 Å². The van der Waals surface area contributed by atoms with E-state index in [4.69, 9.17) is 16.3 Å². The first-order chi connectivity index (χ1) is 16.0. The smallest absolute Gasteiger partial charge is 0.236 e. The number of ether oxygens (including phenoxy) is 1. The van der Waals surface area contributed by atoms with E-state index < -0.39 is 6.10 Å². The third kappa shape index (κ3) is 5.70. The van der Waals surface area contributed by atoms with Crippen molar-refractivity contribution in [3.63, 3.8) is 0 Å². The fraction of sp³-hybridized carbons (Fsp3) is 0.227. The lowest BCUT2D eigenvalue weighted by molar-refractivity contribution is -0.113. The summed E-state index contributed by atoms with van der Waals surface area (Å²) in [6.07, 6.45) is 0.342. The Labute approximate surface area is 204 Å². The first-order valence-corrected chi connectivity index (χ1v) is 12.4. The molecule has 4 rings (SSSR count). The number of carbonyl (C=O) groups excluding carboxylic acids is 1. The maximum atomic E-state index is 12.5. The van der Waals surface area contributed by atoms with E-state index >= 15 is 0 Å². The van der Waals surface area contributed by atoms with Gasteiger partial charge in [-0.2, -0.15) is 0 Å². The largest absolute Gasteiger partial charge is 0.481 e. The number of aryl methyl sites for hydroxylation is 1. The summed E-state index contributed by atoms with van der Waals surface area (Å²) in [5.74, 6) is 1.11. The van der Waals surface area contributed by atoms with Crippen LogP contribution < -0.4 is 10.1 Å². The Balaban J connectivity index is 1.53. The third-order valence-corrected chi connectivity index (χ3v) is 6.75. The van der Waals surface area contributed by atoms with Crippen molar-refractivity contribution in [1.29, 1.82) is 0 Å². The van der Waals surface area contributed by atoms with Gasteiger partial charge in [0.2, 0.25) is 11.0 Å². The first-order valence-electron chi connectivity index (χ1n) is 10.2. The SMILES string of the molecule is CCc1nnc(NC(=O)CSc2nnc(C(C)Oc3ccccc3Cl)n2-c2ccccc2)s1. The Morgan fingerprint density at radius 2 is 1.88 bits per heavy atom. The predicted octanol–water partition coefficient (Wildman–Crippen LogP) is 5.21. The molecule has 0 radical (unpaired) electrons. The molecule has 8 nitrogen and oxygen atoms in total. The molecule has 0 aliphatic heterocycles. The van der Waals surface area contributed by atoms with Crippen LogP contribution in [0.1, 0.15) is 30.8 Å². The molecule has 33 heavy (non-hydrogen) atoms. The fourth-order valence-electron chi connectivity index (χ4n) is 2.97. The van der Waals surface area contributed by atoms with Crippen LogP contribution in [-0.4, -0.2) is 36.6 Å². The molecule has 1 unspecified atom stereocenters. The Bertz CT molecular complexity index is 1230. The number of benzene rings is 2. The minimum absolute atomic E-state index is 0.145. The van der Waals surface area contributed by atoms with E-state index in [1.54, 1.807) is 12.1 Å². The number of aromatic nitrogens is 5. The van der Waals surface area contributed by atoms with Gasteiger partial charge in [-0.05, 0) is 37.6 Å². The van der Waals surface area contributed by atoms with Gasteiger partial charge in [-0.15, -0.1) is 20.4 Å². The van der Waals surface area contributed by atoms with Crippen LogP contribution in [0.2, 0.25) is 5.02 Å². The molecule has 0 saturated carbocycles. The summed E-state index contributed by atoms with van der Waals surface area (Å²) in [4.78, 5) is 12.5. The number of nitrogens with zero attached hydrogens (tertiary/aromatic N) is 5. The van der Waals surface area contributed by atoms with E-state index in [9.17, 15) is 4.79 Å². The quantitative estimate of drug-likeness (QED) is 0.315. The second-order valence-electron chi connectivity index (χ2n) is 6.89. The lowest BCUT2D eigenvalue weighted by atomic mass is 10.3. The zero-order valence-electron chi connectivity index (χ0n) is 17.9. The van der Waals surface area contributed by atoms with E-state index in [0.29, 0.717) is 26.9 Å². The monoisotopic (exact) mass is 500 g/mol. The molecule has 0 fully saturated rings. The number of amides is 1. The summed E-state index contributed by atoms with van der Waals surface area (Å²) in [5, 5.41) is 21.9. The van der Waals surface area contributed by atoms with Crippen LogP contribution in [0.3, 0.4) is 0 Å². The molecule has 2 aromatic carbocycles. The number of carbonyl (C=O) groups is 1. The zero-order valence-corrected chi connectivity index (χ0v) is 20.3.